The lowest BCUT2D eigenvalue weighted by Gasteiger charge is -2.20. The molecule has 2 amide bonds. The van der Waals surface area contributed by atoms with Crippen molar-refractivity contribution in [2.45, 2.75) is 19.9 Å². The van der Waals surface area contributed by atoms with Gasteiger partial charge < -0.3 is 5.32 Å². The molecule has 1 aliphatic rings. The molecule has 0 radical (unpaired) electrons. The fourth-order valence-corrected chi connectivity index (χ4v) is 3.51. The molecule has 1 unspecified atom stereocenters. The summed E-state index contributed by atoms with van der Waals surface area (Å²) in [5, 5.41) is 4.94. The summed E-state index contributed by atoms with van der Waals surface area (Å²) in [6, 6.07) is 19.4. The molecule has 4 nitrogen and oxygen atoms in total. The minimum Gasteiger partial charge on any atom is -0.348 e. The van der Waals surface area contributed by atoms with Crippen molar-refractivity contribution in [1.82, 2.24) is 5.32 Å². The number of nitrogens with one attached hydrogen (secondary N) is 1. The smallest absolute Gasteiger partial charge is 0.259 e. The first kappa shape index (κ1) is 16.3. The van der Waals surface area contributed by atoms with Crippen molar-refractivity contribution in [3.63, 3.8) is 0 Å². The number of nitrogens with zero attached hydrogens (tertiary/aromatic N) is 1. The van der Waals surface area contributed by atoms with Gasteiger partial charge in [0.05, 0.1) is 11.7 Å². The zero-order valence-corrected chi connectivity index (χ0v) is 14.8. The molecule has 130 valence electrons. The molecule has 0 fully saturated rings. The molecule has 0 aliphatic carbocycles. The fourth-order valence-electron chi connectivity index (χ4n) is 3.51. The first-order chi connectivity index (χ1) is 12.5. The average molecular weight is 344 g/mol. The minimum absolute atomic E-state index is 0.0167. The summed E-state index contributed by atoms with van der Waals surface area (Å²) >= 11 is 0. The molecule has 0 bridgehead atoms. The summed E-state index contributed by atoms with van der Waals surface area (Å²) in [5.41, 5.74) is 3.70. The average Bonchev–Trinajstić information content (AvgIpc) is 2.90. The van der Waals surface area contributed by atoms with Crippen LogP contribution in [0.1, 0.15) is 34.5 Å². The third-order valence-electron chi connectivity index (χ3n) is 4.91. The Labute approximate surface area is 152 Å². The molecule has 4 rings (SSSR count). The summed E-state index contributed by atoms with van der Waals surface area (Å²) < 4.78 is 0. The zero-order chi connectivity index (χ0) is 18.3. The number of benzene rings is 3. The van der Waals surface area contributed by atoms with E-state index in [1.54, 1.807) is 4.90 Å². The molecule has 1 aliphatic heterocycles. The number of anilines is 1. The topological polar surface area (TPSA) is 49.4 Å². The van der Waals surface area contributed by atoms with Crippen LogP contribution in [0.15, 0.2) is 60.7 Å². The molecule has 3 aromatic rings. The van der Waals surface area contributed by atoms with E-state index >= 15 is 0 Å². The molecule has 26 heavy (non-hydrogen) atoms. The number of aryl methyl sites for hydroxylation is 1. The summed E-state index contributed by atoms with van der Waals surface area (Å²) in [7, 11) is 0. The van der Waals surface area contributed by atoms with Gasteiger partial charge >= 0.3 is 0 Å². The third-order valence-corrected chi connectivity index (χ3v) is 4.91. The van der Waals surface area contributed by atoms with E-state index in [0.29, 0.717) is 5.56 Å². The first-order valence-corrected chi connectivity index (χ1v) is 8.74. The summed E-state index contributed by atoms with van der Waals surface area (Å²) in [6.45, 7) is 4.00. The highest BCUT2D eigenvalue weighted by Gasteiger charge is 2.31. The Hall–Kier alpha value is -3.14. The minimum atomic E-state index is -0.170. The monoisotopic (exact) mass is 344 g/mol. The molecular weight excluding hydrogens is 324 g/mol. The maximum Gasteiger partial charge on any atom is 0.259 e. The van der Waals surface area contributed by atoms with Gasteiger partial charge in [-0.25, -0.2) is 0 Å². The van der Waals surface area contributed by atoms with E-state index in [1.165, 1.54) is 5.56 Å². The molecule has 1 heterocycles. The van der Waals surface area contributed by atoms with Crippen LogP contribution in [0.5, 0.6) is 0 Å². The Morgan fingerprint density at radius 2 is 1.73 bits per heavy atom. The molecule has 1 N–H and O–H groups in total. The lowest BCUT2D eigenvalue weighted by atomic mass is 10.1. The van der Waals surface area contributed by atoms with Gasteiger partial charge in [0.2, 0.25) is 5.91 Å². The van der Waals surface area contributed by atoms with Crippen LogP contribution < -0.4 is 10.2 Å². The van der Waals surface area contributed by atoms with Crippen molar-refractivity contribution in [2.75, 3.05) is 11.4 Å². The molecule has 1 atom stereocenters. The molecule has 3 aromatic carbocycles. The van der Waals surface area contributed by atoms with Crippen LogP contribution in [-0.2, 0) is 4.79 Å². The summed E-state index contributed by atoms with van der Waals surface area (Å²) in [6.07, 6.45) is 0. The standard InChI is InChI=1S/C22H20N2O2/c1-14-9-11-16(12-10-14)15(2)23-20(25)13-24-19-8-4-6-17-5-3-7-18(21(17)19)22(24)26/h3-12,15H,13H2,1-2H3,(H,23,25). The van der Waals surface area contributed by atoms with E-state index in [1.807, 2.05) is 74.5 Å². The van der Waals surface area contributed by atoms with Crippen LogP contribution in [0, 0.1) is 6.92 Å². The quantitative estimate of drug-likeness (QED) is 0.778. The van der Waals surface area contributed by atoms with Gasteiger partial charge in [-0.2, -0.15) is 0 Å². The van der Waals surface area contributed by atoms with Gasteiger partial charge in [0.25, 0.3) is 5.91 Å². The second-order valence-electron chi connectivity index (χ2n) is 6.77. The lowest BCUT2D eigenvalue weighted by Crippen LogP contribution is -2.39. The number of hydrogen-bond acceptors (Lipinski definition) is 2. The van der Waals surface area contributed by atoms with Crippen LogP contribution in [0.2, 0.25) is 0 Å². The van der Waals surface area contributed by atoms with E-state index < -0.39 is 0 Å². The highest BCUT2D eigenvalue weighted by Crippen LogP contribution is 2.36. The van der Waals surface area contributed by atoms with E-state index in [0.717, 1.165) is 22.0 Å². The van der Waals surface area contributed by atoms with Crippen molar-refractivity contribution >= 4 is 28.3 Å². The van der Waals surface area contributed by atoms with Crippen LogP contribution in [0.25, 0.3) is 10.8 Å². The fraction of sp³-hybridized carbons (Fsp3) is 0.182. The SMILES string of the molecule is Cc1ccc(C(C)NC(=O)CN2C(=O)c3cccc4cccc2c34)cc1. The van der Waals surface area contributed by atoms with Gasteiger partial charge in [0.1, 0.15) is 6.54 Å². The predicted octanol–water partition coefficient (Wildman–Crippen LogP) is 3.99. The van der Waals surface area contributed by atoms with Gasteiger partial charge in [-0.15, -0.1) is 0 Å². The van der Waals surface area contributed by atoms with Gasteiger partial charge in [-0.1, -0.05) is 54.1 Å². The Bertz CT molecular complexity index is 1000. The van der Waals surface area contributed by atoms with Crippen LogP contribution >= 0.6 is 0 Å². The lowest BCUT2D eigenvalue weighted by molar-refractivity contribution is -0.120. The molecule has 4 heteroatoms. The molecule has 0 spiro atoms. The second-order valence-corrected chi connectivity index (χ2v) is 6.77. The number of carbonyl (C=O) groups excluding carboxylic acids is 2. The predicted molar refractivity (Wildman–Crippen MR) is 103 cm³/mol. The largest absolute Gasteiger partial charge is 0.348 e. The summed E-state index contributed by atoms with van der Waals surface area (Å²) in [4.78, 5) is 26.9. The third kappa shape index (κ3) is 2.73. The number of amides is 2. The van der Waals surface area contributed by atoms with Gasteiger partial charge in [-0.05, 0) is 36.9 Å². The van der Waals surface area contributed by atoms with E-state index in [-0.39, 0.29) is 24.4 Å². The number of carbonyl (C=O) groups is 2. The molecule has 0 saturated heterocycles. The Balaban J connectivity index is 1.53. The van der Waals surface area contributed by atoms with Crippen LogP contribution in [0.4, 0.5) is 5.69 Å². The van der Waals surface area contributed by atoms with Crippen molar-refractivity contribution < 1.29 is 9.59 Å². The Morgan fingerprint density at radius 1 is 1.04 bits per heavy atom. The highest BCUT2D eigenvalue weighted by molar-refractivity contribution is 6.26. The molecule has 0 aromatic heterocycles. The maximum absolute atomic E-state index is 12.8. The Morgan fingerprint density at radius 3 is 2.46 bits per heavy atom. The highest BCUT2D eigenvalue weighted by atomic mass is 16.2. The first-order valence-electron chi connectivity index (χ1n) is 8.74. The van der Waals surface area contributed by atoms with Crippen molar-refractivity contribution in [3.05, 3.63) is 77.4 Å². The van der Waals surface area contributed by atoms with E-state index in [2.05, 4.69) is 5.32 Å². The van der Waals surface area contributed by atoms with Crippen molar-refractivity contribution in [3.8, 4) is 0 Å². The van der Waals surface area contributed by atoms with Crippen molar-refractivity contribution in [1.29, 1.82) is 0 Å². The van der Waals surface area contributed by atoms with Gasteiger partial charge in [-0.3, -0.25) is 14.5 Å². The maximum atomic E-state index is 12.8. The van der Waals surface area contributed by atoms with Crippen molar-refractivity contribution in [2.24, 2.45) is 0 Å². The van der Waals surface area contributed by atoms with E-state index in [9.17, 15) is 9.59 Å². The zero-order valence-electron chi connectivity index (χ0n) is 14.8. The van der Waals surface area contributed by atoms with Crippen LogP contribution in [0.3, 0.4) is 0 Å². The molecule has 0 saturated carbocycles. The Kier molecular flexibility index (Phi) is 3.96. The van der Waals surface area contributed by atoms with Crippen LogP contribution in [-0.4, -0.2) is 18.4 Å². The van der Waals surface area contributed by atoms with Gasteiger partial charge in [0, 0.05) is 10.9 Å². The number of rotatable bonds is 4. The van der Waals surface area contributed by atoms with E-state index in [4.69, 9.17) is 0 Å². The number of hydrogen-bond donors (Lipinski definition) is 1. The normalized spacial score (nSPS) is 13.9. The second kappa shape index (κ2) is 6.30. The molecular formula is C22H20N2O2. The summed E-state index contributed by atoms with van der Waals surface area (Å²) in [5.74, 6) is -0.286. The van der Waals surface area contributed by atoms with Gasteiger partial charge in [0.15, 0.2) is 0 Å².